The van der Waals surface area contributed by atoms with E-state index in [4.69, 9.17) is 0 Å². The van der Waals surface area contributed by atoms with Crippen LogP contribution in [0.25, 0.3) is 0 Å². The van der Waals surface area contributed by atoms with Gasteiger partial charge < -0.3 is 5.32 Å². The second kappa shape index (κ2) is 5.28. The van der Waals surface area contributed by atoms with Gasteiger partial charge in [0.2, 0.25) is 0 Å². The molecular weight excluding hydrogens is 226 g/mol. The van der Waals surface area contributed by atoms with Crippen molar-refractivity contribution in [1.82, 2.24) is 0 Å². The van der Waals surface area contributed by atoms with Gasteiger partial charge in [-0.1, -0.05) is 34.1 Å². The number of benzene rings is 1. The summed E-state index contributed by atoms with van der Waals surface area (Å²) >= 11 is 3.42. The number of aryl methyl sites for hydroxylation is 2. The molecule has 1 rings (SSSR count). The average molecular weight is 242 g/mol. The molecule has 0 radical (unpaired) electrons. The average Bonchev–Trinajstić information content (AvgIpc) is 2.10. The Kier molecular flexibility index (Phi) is 4.29. The molecule has 0 fully saturated rings. The Labute approximate surface area is 88.7 Å². The second-order valence-corrected chi connectivity index (χ2v) is 4.03. The zero-order chi connectivity index (χ0) is 9.68. The van der Waals surface area contributed by atoms with Gasteiger partial charge in [0.15, 0.2) is 0 Å². The summed E-state index contributed by atoms with van der Waals surface area (Å²) in [6.07, 6.45) is 1.16. The van der Waals surface area contributed by atoms with Crippen LogP contribution < -0.4 is 5.32 Å². The monoisotopic (exact) mass is 241 g/mol. The summed E-state index contributed by atoms with van der Waals surface area (Å²) in [7, 11) is 0. The van der Waals surface area contributed by atoms with E-state index in [1.54, 1.807) is 0 Å². The van der Waals surface area contributed by atoms with Crippen LogP contribution >= 0.6 is 15.9 Å². The molecular formula is C11H16BrN. The van der Waals surface area contributed by atoms with Crippen LogP contribution in [0, 0.1) is 13.8 Å². The molecule has 1 aromatic rings. The molecule has 1 N–H and O–H groups in total. The first kappa shape index (κ1) is 10.6. The predicted molar refractivity (Wildman–Crippen MR) is 62.8 cm³/mol. The normalized spacial score (nSPS) is 10.1. The Morgan fingerprint density at radius 2 is 1.85 bits per heavy atom. The van der Waals surface area contributed by atoms with Crippen molar-refractivity contribution in [1.29, 1.82) is 0 Å². The first-order valence-electron chi connectivity index (χ1n) is 4.61. The summed E-state index contributed by atoms with van der Waals surface area (Å²) in [6.45, 7) is 5.32. The van der Waals surface area contributed by atoms with Crippen LogP contribution in [0.5, 0.6) is 0 Å². The van der Waals surface area contributed by atoms with Gasteiger partial charge in [-0.2, -0.15) is 0 Å². The van der Waals surface area contributed by atoms with Crippen LogP contribution in [0.3, 0.4) is 0 Å². The van der Waals surface area contributed by atoms with E-state index in [1.807, 2.05) is 0 Å². The lowest BCUT2D eigenvalue weighted by Gasteiger charge is -2.11. The lowest BCUT2D eigenvalue weighted by molar-refractivity contribution is 0.993. The molecule has 13 heavy (non-hydrogen) atoms. The molecule has 0 aliphatic rings. The minimum Gasteiger partial charge on any atom is -0.385 e. The lowest BCUT2D eigenvalue weighted by Crippen LogP contribution is -2.04. The van der Waals surface area contributed by atoms with E-state index in [-0.39, 0.29) is 0 Å². The summed E-state index contributed by atoms with van der Waals surface area (Å²) in [6, 6.07) is 6.38. The molecule has 1 nitrogen and oxygen atoms in total. The molecule has 0 aliphatic heterocycles. The van der Waals surface area contributed by atoms with Crippen molar-refractivity contribution in [2.45, 2.75) is 20.3 Å². The van der Waals surface area contributed by atoms with E-state index in [2.05, 4.69) is 53.3 Å². The Hall–Kier alpha value is -0.500. The van der Waals surface area contributed by atoms with E-state index in [9.17, 15) is 0 Å². The molecule has 0 aliphatic carbocycles. The van der Waals surface area contributed by atoms with Crippen LogP contribution in [0.2, 0.25) is 0 Å². The maximum absolute atomic E-state index is 3.45. The molecule has 1 aromatic carbocycles. The first-order valence-corrected chi connectivity index (χ1v) is 5.74. The first-order chi connectivity index (χ1) is 6.25. The van der Waals surface area contributed by atoms with E-state index < -0.39 is 0 Å². The Bertz CT molecular complexity index is 251. The van der Waals surface area contributed by atoms with Gasteiger partial charge in [0.25, 0.3) is 0 Å². The third-order valence-electron chi connectivity index (χ3n) is 2.09. The zero-order valence-corrected chi connectivity index (χ0v) is 9.82. The fourth-order valence-corrected chi connectivity index (χ4v) is 1.65. The van der Waals surface area contributed by atoms with E-state index in [0.717, 1.165) is 18.3 Å². The third-order valence-corrected chi connectivity index (χ3v) is 2.65. The molecule has 0 bridgehead atoms. The quantitative estimate of drug-likeness (QED) is 0.629. The zero-order valence-electron chi connectivity index (χ0n) is 8.23. The van der Waals surface area contributed by atoms with Crippen molar-refractivity contribution < 1.29 is 0 Å². The third kappa shape index (κ3) is 3.03. The minimum absolute atomic E-state index is 1.04. The second-order valence-electron chi connectivity index (χ2n) is 3.24. The van der Waals surface area contributed by atoms with Crippen LogP contribution in [0.4, 0.5) is 5.69 Å². The number of anilines is 1. The summed E-state index contributed by atoms with van der Waals surface area (Å²) in [5.41, 5.74) is 3.95. The molecule has 0 aromatic heterocycles. The summed E-state index contributed by atoms with van der Waals surface area (Å²) in [5.74, 6) is 0. The van der Waals surface area contributed by atoms with Crippen LogP contribution in [-0.2, 0) is 0 Å². The maximum Gasteiger partial charge on any atom is 0.0399 e. The fourth-order valence-electron chi connectivity index (χ4n) is 1.37. The van der Waals surface area contributed by atoms with Crippen molar-refractivity contribution in [2.75, 3.05) is 17.2 Å². The van der Waals surface area contributed by atoms with Gasteiger partial charge in [0.05, 0.1) is 0 Å². The maximum atomic E-state index is 3.45. The fraction of sp³-hybridized carbons (Fsp3) is 0.455. The van der Waals surface area contributed by atoms with Gasteiger partial charge in [0.1, 0.15) is 0 Å². The molecule has 0 spiro atoms. The Balaban J connectivity index is 2.64. The van der Waals surface area contributed by atoms with Crippen molar-refractivity contribution in [3.05, 3.63) is 29.3 Å². The highest BCUT2D eigenvalue weighted by atomic mass is 79.9. The highest BCUT2D eigenvalue weighted by Gasteiger charge is 1.99. The van der Waals surface area contributed by atoms with E-state index >= 15 is 0 Å². The standard InChI is InChI=1S/C11H16BrN/c1-9-5-3-6-10(2)11(9)13-8-4-7-12/h3,5-6,13H,4,7-8H2,1-2H3. The van der Waals surface area contributed by atoms with Crippen molar-refractivity contribution in [3.63, 3.8) is 0 Å². The molecule has 0 atom stereocenters. The number of halogens is 1. The van der Waals surface area contributed by atoms with E-state index in [0.29, 0.717) is 0 Å². The van der Waals surface area contributed by atoms with Gasteiger partial charge in [-0.3, -0.25) is 0 Å². The number of para-hydroxylation sites is 1. The van der Waals surface area contributed by atoms with Crippen molar-refractivity contribution in [2.24, 2.45) is 0 Å². The highest BCUT2D eigenvalue weighted by Crippen LogP contribution is 2.18. The van der Waals surface area contributed by atoms with Gasteiger partial charge in [-0.15, -0.1) is 0 Å². The van der Waals surface area contributed by atoms with Gasteiger partial charge in [-0.25, -0.2) is 0 Å². The minimum atomic E-state index is 1.04. The predicted octanol–water partition coefficient (Wildman–Crippen LogP) is 3.50. The topological polar surface area (TPSA) is 12.0 Å². The van der Waals surface area contributed by atoms with Crippen LogP contribution in [-0.4, -0.2) is 11.9 Å². The lowest BCUT2D eigenvalue weighted by atomic mass is 10.1. The smallest absolute Gasteiger partial charge is 0.0399 e. The largest absolute Gasteiger partial charge is 0.385 e. The van der Waals surface area contributed by atoms with Crippen LogP contribution in [0.15, 0.2) is 18.2 Å². The molecule has 0 saturated carbocycles. The molecule has 2 heteroatoms. The van der Waals surface area contributed by atoms with E-state index in [1.165, 1.54) is 16.8 Å². The number of nitrogens with one attached hydrogen (secondary N) is 1. The van der Waals surface area contributed by atoms with Gasteiger partial charge in [0, 0.05) is 17.6 Å². The van der Waals surface area contributed by atoms with Crippen molar-refractivity contribution >= 4 is 21.6 Å². The summed E-state index contributed by atoms with van der Waals surface area (Å²) in [5, 5.41) is 4.51. The summed E-state index contributed by atoms with van der Waals surface area (Å²) in [4.78, 5) is 0. The number of hydrogen-bond donors (Lipinski definition) is 1. The Morgan fingerprint density at radius 3 is 2.38 bits per heavy atom. The van der Waals surface area contributed by atoms with Gasteiger partial charge >= 0.3 is 0 Å². The molecule has 72 valence electrons. The highest BCUT2D eigenvalue weighted by molar-refractivity contribution is 9.09. The number of hydrogen-bond acceptors (Lipinski definition) is 1. The molecule has 0 amide bonds. The van der Waals surface area contributed by atoms with Gasteiger partial charge in [-0.05, 0) is 31.4 Å². The van der Waals surface area contributed by atoms with Crippen molar-refractivity contribution in [3.8, 4) is 0 Å². The number of rotatable bonds is 4. The SMILES string of the molecule is Cc1cccc(C)c1NCCCBr. The molecule has 0 saturated heterocycles. The van der Waals surface area contributed by atoms with Crippen LogP contribution in [0.1, 0.15) is 17.5 Å². The molecule has 0 unspecified atom stereocenters. The molecule has 0 heterocycles. The Morgan fingerprint density at radius 1 is 1.23 bits per heavy atom. The summed E-state index contributed by atoms with van der Waals surface area (Å²) < 4.78 is 0. The number of alkyl halides is 1.